The van der Waals surface area contributed by atoms with Crippen molar-refractivity contribution in [3.8, 4) is 5.75 Å². The molecule has 4 heteroatoms. The first-order chi connectivity index (χ1) is 9.74. The number of benzene rings is 2. The van der Waals surface area contributed by atoms with Crippen molar-refractivity contribution < 1.29 is 13.9 Å². The molecule has 2 aromatic rings. The average molecular weight is 273 g/mol. The highest BCUT2D eigenvalue weighted by molar-refractivity contribution is 5.78. The molecule has 0 aliphatic rings. The number of halogens is 1. The third-order valence-corrected chi connectivity index (χ3v) is 2.71. The summed E-state index contributed by atoms with van der Waals surface area (Å²) in [5, 5.41) is 2.76. The lowest BCUT2D eigenvalue weighted by Crippen LogP contribution is -2.29. The summed E-state index contributed by atoms with van der Waals surface area (Å²) in [5.74, 6) is 0.374. The Kier molecular flexibility index (Phi) is 5.12. The van der Waals surface area contributed by atoms with Crippen molar-refractivity contribution in [2.45, 2.75) is 6.42 Å². The maximum Gasteiger partial charge on any atom is 0.224 e. The third kappa shape index (κ3) is 4.72. The van der Waals surface area contributed by atoms with Crippen molar-refractivity contribution in [3.63, 3.8) is 0 Å². The Hall–Kier alpha value is -2.36. The molecule has 1 N–H and O–H groups in total. The van der Waals surface area contributed by atoms with Crippen LogP contribution in [0, 0.1) is 5.82 Å². The SMILES string of the molecule is O=C(Cc1ccc(F)cc1)NCCOc1ccccc1. The summed E-state index contributed by atoms with van der Waals surface area (Å²) in [4.78, 5) is 11.6. The molecule has 0 heterocycles. The number of ether oxygens (including phenoxy) is 1. The summed E-state index contributed by atoms with van der Waals surface area (Å²) in [6, 6.07) is 15.3. The highest BCUT2D eigenvalue weighted by Gasteiger charge is 2.03. The largest absolute Gasteiger partial charge is 0.492 e. The molecule has 0 bridgehead atoms. The Morgan fingerprint density at radius 2 is 1.75 bits per heavy atom. The molecule has 2 aromatic carbocycles. The second kappa shape index (κ2) is 7.28. The topological polar surface area (TPSA) is 38.3 Å². The first kappa shape index (κ1) is 14.1. The molecule has 0 aliphatic carbocycles. The van der Waals surface area contributed by atoms with Gasteiger partial charge in [0.25, 0.3) is 0 Å². The van der Waals surface area contributed by atoms with E-state index in [1.165, 1.54) is 12.1 Å². The van der Waals surface area contributed by atoms with Gasteiger partial charge in [-0.1, -0.05) is 30.3 Å². The van der Waals surface area contributed by atoms with E-state index >= 15 is 0 Å². The Morgan fingerprint density at radius 1 is 1.05 bits per heavy atom. The van der Waals surface area contributed by atoms with Crippen LogP contribution in [0.15, 0.2) is 54.6 Å². The third-order valence-electron chi connectivity index (χ3n) is 2.71. The zero-order chi connectivity index (χ0) is 14.2. The first-order valence-corrected chi connectivity index (χ1v) is 6.43. The number of rotatable bonds is 6. The van der Waals surface area contributed by atoms with Gasteiger partial charge in [0.05, 0.1) is 13.0 Å². The number of para-hydroxylation sites is 1. The molecule has 2 rings (SSSR count). The van der Waals surface area contributed by atoms with Crippen LogP contribution in [0.2, 0.25) is 0 Å². The van der Waals surface area contributed by atoms with Gasteiger partial charge in [-0.3, -0.25) is 4.79 Å². The lowest BCUT2D eigenvalue weighted by Gasteiger charge is -2.07. The van der Waals surface area contributed by atoms with Gasteiger partial charge in [-0.2, -0.15) is 0 Å². The van der Waals surface area contributed by atoms with Gasteiger partial charge in [0.15, 0.2) is 0 Å². The van der Waals surface area contributed by atoms with Crippen LogP contribution in [0.3, 0.4) is 0 Å². The second-order valence-electron chi connectivity index (χ2n) is 4.31. The number of carbonyl (C=O) groups is 1. The van der Waals surface area contributed by atoms with Crippen LogP contribution >= 0.6 is 0 Å². The standard InChI is InChI=1S/C16H16FNO2/c17-14-8-6-13(7-9-14)12-16(19)18-10-11-20-15-4-2-1-3-5-15/h1-9H,10-12H2,(H,18,19). The number of hydrogen-bond donors (Lipinski definition) is 1. The maximum atomic E-state index is 12.7. The van der Waals surface area contributed by atoms with Crippen molar-refractivity contribution in [3.05, 3.63) is 66.0 Å². The fraction of sp³-hybridized carbons (Fsp3) is 0.188. The van der Waals surface area contributed by atoms with E-state index in [-0.39, 0.29) is 18.1 Å². The van der Waals surface area contributed by atoms with Gasteiger partial charge in [-0.05, 0) is 29.8 Å². The zero-order valence-electron chi connectivity index (χ0n) is 11.0. The smallest absolute Gasteiger partial charge is 0.224 e. The van der Waals surface area contributed by atoms with Crippen LogP contribution < -0.4 is 10.1 Å². The van der Waals surface area contributed by atoms with Crippen molar-refractivity contribution in [1.82, 2.24) is 5.32 Å². The highest BCUT2D eigenvalue weighted by Crippen LogP contribution is 2.07. The summed E-state index contributed by atoms with van der Waals surface area (Å²) in [6.45, 7) is 0.855. The average Bonchev–Trinajstić information content (AvgIpc) is 2.47. The van der Waals surface area contributed by atoms with Crippen LogP contribution in [-0.4, -0.2) is 19.1 Å². The molecule has 104 valence electrons. The van der Waals surface area contributed by atoms with E-state index < -0.39 is 0 Å². The summed E-state index contributed by atoms with van der Waals surface area (Å²) < 4.78 is 18.2. The zero-order valence-corrected chi connectivity index (χ0v) is 11.0. The Balaban J connectivity index is 1.66. The first-order valence-electron chi connectivity index (χ1n) is 6.43. The molecule has 0 saturated heterocycles. The minimum Gasteiger partial charge on any atom is -0.492 e. The van der Waals surface area contributed by atoms with Crippen LogP contribution in [0.5, 0.6) is 5.75 Å². The molecular formula is C16H16FNO2. The molecule has 0 atom stereocenters. The normalized spacial score (nSPS) is 10.1. The van der Waals surface area contributed by atoms with E-state index in [0.717, 1.165) is 11.3 Å². The second-order valence-corrected chi connectivity index (χ2v) is 4.31. The van der Waals surface area contributed by atoms with E-state index in [1.54, 1.807) is 12.1 Å². The minimum atomic E-state index is -0.301. The fourth-order valence-corrected chi connectivity index (χ4v) is 1.73. The van der Waals surface area contributed by atoms with Crippen LogP contribution in [0.1, 0.15) is 5.56 Å². The number of carbonyl (C=O) groups excluding carboxylic acids is 1. The lowest BCUT2D eigenvalue weighted by atomic mass is 10.1. The molecule has 0 fully saturated rings. The molecule has 0 unspecified atom stereocenters. The quantitative estimate of drug-likeness (QED) is 0.821. The summed E-state index contributed by atoms with van der Waals surface area (Å²) in [7, 11) is 0. The summed E-state index contributed by atoms with van der Waals surface area (Å²) in [5.41, 5.74) is 0.785. The van der Waals surface area contributed by atoms with E-state index in [9.17, 15) is 9.18 Å². The Bertz CT molecular complexity index is 540. The van der Waals surface area contributed by atoms with Crippen LogP contribution in [-0.2, 0) is 11.2 Å². The van der Waals surface area contributed by atoms with Gasteiger partial charge in [-0.15, -0.1) is 0 Å². The molecule has 0 aliphatic heterocycles. The lowest BCUT2D eigenvalue weighted by molar-refractivity contribution is -0.120. The molecular weight excluding hydrogens is 257 g/mol. The fourth-order valence-electron chi connectivity index (χ4n) is 1.73. The Labute approximate surface area is 117 Å². The molecule has 20 heavy (non-hydrogen) atoms. The van der Waals surface area contributed by atoms with Crippen molar-refractivity contribution in [2.24, 2.45) is 0 Å². The molecule has 0 spiro atoms. The number of nitrogens with one attached hydrogen (secondary N) is 1. The highest BCUT2D eigenvalue weighted by atomic mass is 19.1. The van der Waals surface area contributed by atoms with Gasteiger partial charge in [0.2, 0.25) is 5.91 Å². The van der Waals surface area contributed by atoms with Gasteiger partial charge < -0.3 is 10.1 Å². The van der Waals surface area contributed by atoms with E-state index in [2.05, 4.69) is 5.32 Å². The molecule has 3 nitrogen and oxygen atoms in total. The molecule has 0 aromatic heterocycles. The van der Waals surface area contributed by atoms with E-state index in [1.807, 2.05) is 30.3 Å². The number of amides is 1. The number of hydrogen-bond acceptors (Lipinski definition) is 2. The van der Waals surface area contributed by atoms with Gasteiger partial charge >= 0.3 is 0 Å². The van der Waals surface area contributed by atoms with Crippen molar-refractivity contribution in [1.29, 1.82) is 0 Å². The van der Waals surface area contributed by atoms with Crippen molar-refractivity contribution in [2.75, 3.05) is 13.2 Å². The predicted octanol–water partition coefficient (Wildman–Crippen LogP) is 2.56. The van der Waals surface area contributed by atoms with Gasteiger partial charge in [0, 0.05) is 0 Å². The molecule has 0 saturated carbocycles. The summed E-state index contributed by atoms with van der Waals surface area (Å²) >= 11 is 0. The van der Waals surface area contributed by atoms with Gasteiger partial charge in [0.1, 0.15) is 18.2 Å². The minimum absolute atomic E-state index is 0.103. The maximum absolute atomic E-state index is 12.7. The summed E-state index contributed by atoms with van der Waals surface area (Å²) in [6.07, 6.45) is 0.242. The van der Waals surface area contributed by atoms with Crippen LogP contribution in [0.25, 0.3) is 0 Å². The van der Waals surface area contributed by atoms with E-state index in [0.29, 0.717) is 13.2 Å². The van der Waals surface area contributed by atoms with Crippen molar-refractivity contribution >= 4 is 5.91 Å². The monoisotopic (exact) mass is 273 g/mol. The van der Waals surface area contributed by atoms with Crippen LogP contribution in [0.4, 0.5) is 4.39 Å². The predicted molar refractivity (Wildman–Crippen MR) is 75.1 cm³/mol. The molecule has 1 amide bonds. The van der Waals surface area contributed by atoms with Gasteiger partial charge in [-0.25, -0.2) is 4.39 Å². The molecule has 0 radical (unpaired) electrons. The Morgan fingerprint density at radius 3 is 2.45 bits per heavy atom. The van der Waals surface area contributed by atoms with E-state index in [4.69, 9.17) is 4.74 Å².